The number of hydrogen-bond donors (Lipinski definition) is 3. The lowest BCUT2D eigenvalue weighted by Gasteiger charge is -2.25. The van der Waals surface area contributed by atoms with E-state index < -0.39 is 18.2 Å². The highest BCUT2D eigenvalue weighted by atomic mass is 16.6. The van der Waals surface area contributed by atoms with E-state index in [0.29, 0.717) is 5.69 Å². The second-order valence-electron chi connectivity index (χ2n) is 7.77. The molecule has 0 bridgehead atoms. The van der Waals surface area contributed by atoms with Crippen molar-refractivity contribution in [3.8, 4) is 0 Å². The molecule has 1 aromatic carbocycles. The van der Waals surface area contributed by atoms with Crippen molar-refractivity contribution < 1.29 is 23.9 Å². The van der Waals surface area contributed by atoms with Crippen LogP contribution in [0.15, 0.2) is 24.3 Å². The van der Waals surface area contributed by atoms with Gasteiger partial charge < -0.3 is 30.8 Å². The summed E-state index contributed by atoms with van der Waals surface area (Å²) >= 11 is 0. The van der Waals surface area contributed by atoms with Crippen LogP contribution >= 0.6 is 0 Å². The van der Waals surface area contributed by atoms with Crippen LogP contribution in [0.2, 0.25) is 0 Å². The van der Waals surface area contributed by atoms with E-state index in [1.165, 1.54) is 11.9 Å². The van der Waals surface area contributed by atoms with E-state index in [0.717, 1.165) is 11.8 Å². The van der Waals surface area contributed by atoms with Crippen LogP contribution in [0, 0.1) is 11.8 Å². The van der Waals surface area contributed by atoms with Crippen LogP contribution in [0.1, 0.15) is 33.3 Å². The molecule has 0 aromatic heterocycles. The molecule has 30 heavy (non-hydrogen) atoms. The van der Waals surface area contributed by atoms with Crippen molar-refractivity contribution in [1.29, 1.82) is 0 Å². The second-order valence-corrected chi connectivity index (χ2v) is 7.77. The predicted octanol–water partition coefficient (Wildman–Crippen LogP) is 1.52. The molecule has 4 N–H and O–H groups in total. The molecule has 2 unspecified atom stereocenters. The number of nitrogens with two attached hydrogens (primary N) is 1. The zero-order chi connectivity index (χ0) is 22.8. The number of nitrogens with zero attached hydrogens (tertiary/aromatic N) is 1. The van der Waals surface area contributed by atoms with Crippen LogP contribution in [-0.2, 0) is 25.7 Å². The summed E-state index contributed by atoms with van der Waals surface area (Å²) in [5.41, 5.74) is 6.98. The zero-order valence-corrected chi connectivity index (χ0v) is 18.2. The molecule has 1 aromatic rings. The van der Waals surface area contributed by atoms with Crippen molar-refractivity contribution in [1.82, 2.24) is 10.2 Å². The zero-order valence-electron chi connectivity index (χ0n) is 18.2. The van der Waals surface area contributed by atoms with E-state index >= 15 is 0 Å². The normalized spacial score (nSPS) is 12.8. The molecule has 3 amide bonds. The first-order valence-corrected chi connectivity index (χ1v) is 9.83. The minimum Gasteiger partial charge on any atom is -0.445 e. The van der Waals surface area contributed by atoms with E-state index in [1.807, 2.05) is 27.7 Å². The number of likely N-dealkylation sites (N-methyl/N-ethyl adjacent to an activating group) is 1. The van der Waals surface area contributed by atoms with E-state index in [9.17, 15) is 19.2 Å². The van der Waals surface area contributed by atoms with Gasteiger partial charge in [0, 0.05) is 12.7 Å². The van der Waals surface area contributed by atoms with Crippen molar-refractivity contribution in [3.63, 3.8) is 0 Å². The summed E-state index contributed by atoms with van der Waals surface area (Å²) in [6, 6.07) is 5.52. The Labute approximate surface area is 177 Å². The standard InChI is InChI=1S/C21H32N4O5/c1-13(2)17(11-26)25(5)21(29)30-12-15-6-8-16(9-7-15)24-18(27)10-23-20(28)19(22)14(3)4/h6-9,11,13-14,17,19H,10,12,22H2,1-5H3,(H,23,28)(H,24,27). The van der Waals surface area contributed by atoms with Gasteiger partial charge in [0.1, 0.15) is 12.9 Å². The quantitative estimate of drug-likeness (QED) is 0.492. The first kappa shape index (κ1) is 25.1. The van der Waals surface area contributed by atoms with Gasteiger partial charge in [-0.25, -0.2) is 4.79 Å². The molecular formula is C21H32N4O5. The average molecular weight is 421 g/mol. The van der Waals surface area contributed by atoms with Crippen molar-refractivity contribution in [3.05, 3.63) is 29.8 Å². The molecule has 0 fully saturated rings. The fourth-order valence-corrected chi connectivity index (χ4v) is 2.54. The number of hydrogen-bond acceptors (Lipinski definition) is 6. The molecule has 0 saturated carbocycles. The summed E-state index contributed by atoms with van der Waals surface area (Å²) in [7, 11) is 1.52. The fraction of sp³-hybridized carbons (Fsp3) is 0.524. The number of amides is 3. The number of anilines is 1. The second kappa shape index (κ2) is 11.9. The monoisotopic (exact) mass is 420 g/mol. The SMILES string of the molecule is CC(C)C(N)C(=O)NCC(=O)Nc1ccc(COC(=O)N(C)C(C=O)C(C)C)cc1. The third-order valence-electron chi connectivity index (χ3n) is 4.60. The highest BCUT2D eigenvalue weighted by molar-refractivity contribution is 5.95. The molecule has 0 radical (unpaired) electrons. The Morgan fingerprint density at radius 1 is 1.10 bits per heavy atom. The van der Waals surface area contributed by atoms with Crippen LogP contribution in [-0.4, -0.2) is 54.8 Å². The Kier molecular flexibility index (Phi) is 9.97. The van der Waals surface area contributed by atoms with Crippen molar-refractivity contribution >= 4 is 29.9 Å². The van der Waals surface area contributed by atoms with Gasteiger partial charge in [0.15, 0.2) is 0 Å². The largest absolute Gasteiger partial charge is 0.445 e. The van der Waals surface area contributed by atoms with Gasteiger partial charge in [0.2, 0.25) is 11.8 Å². The Hall–Kier alpha value is -2.94. The summed E-state index contributed by atoms with van der Waals surface area (Å²) in [6.45, 7) is 7.20. The molecule has 9 heteroatoms. The third kappa shape index (κ3) is 7.82. The van der Waals surface area contributed by atoms with Gasteiger partial charge >= 0.3 is 6.09 Å². The third-order valence-corrected chi connectivity index (χ3v) is 4.60. The lowest BCUT2D eigenvalue weighted by molar-refractivity contribution is -0.125. The number of benzene rings is 1. The minimum atomic E-state index is -0.666. The Bertz CT molecular complexity index is 733. The summed E-state index contributed by atoms with van der Waals surface area (Å²) in [5.74, 6) is -0.803. The summed E-state index contributed by atoms with van der Waals surface area (Å²) < 4.78 is 5.23. The topological polar surface area (TPSA) is 131 Å². The lowest BCUT2D eigenvalue weighted by atomic mass is 10.1. The molecule has 0 spiro atoms. The molecule has 1 rings (SSSR count). The highest BCUT2D eigenvalue weighted by Gasteiger charge is 2.23. The van der Waals surface area contributed by atoms with Crippen LogP contribution < -0.4 is 16.4 Å². The Morgan fingerprint density at radius 2 is 1.70 bits per heavy atom. The molecule has 0 saturated heterocycles. The Morgan fingerprint density at radius 3 is 2.20 bits per heavy atom. The van der Waals surface area contributed by atoms with Crippen LogP contribution in [0.4, 0.5) is 10.5 Å². The van der Waals surface area contributed by atoms with Gasteiger partial charge in [-0.2, -0.15) is 0 Å². The maximum atomic E-state index is 12.1. The van der Waals surface area contributed by atoms with E-state index in [1.54, 1.807) is 24.3 Å². The van der Waals surface area contributed by atoms with E-state index in [4.69, 9.17) is 10.5 Å². The molecule has 2 atom stereocenters. The van der Waals surface area contributed by atoms with Gasteiger partial charge in [-0.1, -0.05) is 39.8 Å². The van der Waals surface area contributed by atoms with E-state index in [-0.39, 0.29) is 36.8 Å². The number of nitrogens with one attached hydrogen (secondary N) is 2. The van der Waals surface area contributed by atoms with Crippen molar-refractivity contribution in [2.75, 3.05) is 18.9 Å². The molecular weight excluding hydrogens is 388 g/mol. The van der Waals surface area contributed by atoms with E-state index in [2.05, 4.69) is 10.6 Å². The number of carbonyl (C=O) groups excluding carboxylic acids is 4. The summed E-state index contributed by atoms with van der Waals surface area (Å²) in [4.78, 5) is 48.2. The summed E-state index contributed by atoms with van der Waals surface area (Å²) in [6.07, 6.45) is 0.135. The molecule has 0 heterocycles. The Balaban J connectivity index is 2.50. The van der Waals surface area contributed by atoms with Crippen molar-refractivity contribution in [2.45, 2.75) is 46.4 Å². The maximum absolute atomic E-state index is 12.1. The molecule has 166 valence electrons. The minimum absolute atomic E-state index is 0.0196. The molecule has 0 aliphatic rings. The summed E-state index contributed by atoms with van der Waals surface area (Å²) in [5, 5.41) is 5.16. The number of aldehydes is 1. The predicted molar refractivity (Wildman–Crippen MR) is 114 cm³/mol. The maximum Gasteiger partial charge on any atom is 0.410 e. The van der Waals surface area contributed by atoms with Gasteiger partial charge in [-0.3, -0.25) is 9.59 Å². The molecule has 9 nitrogen and oxygen atoms in total. The van der Waals surface area contributed by atoms with Gasteiger partial charge in [0.25, 0.3) is 0 Å². The average Bonchev–Trinajstić information content (AvgIpc) is 2.70. The lowest BCUT2D eigenvalue weighted by Crippen LogP contribution is -2.46. The van der Waals surface area contributed by atoms with Crippen LogP contribution in [0.5, 0.6) is 0 Å². The van der Waals surface area contributed by atoms with Gasteiger partial charge in [-0.05, 0) is 29.5 Å². The molecule has 0 aliphatic carbocycles. The van der Waals surface area contributed by atoms with Crippen LogP contribution in [0.3, 0.4) is 0 Å². The van der Waals surface area contributed by atoms with Crippen molar-refractivity contribution in [2.24, 2.45) is 17.6 Å². The van der Waals surface area contributed by atoms with Gasteiger partial charge in [0.05, 0.1) is 18.6 Å². The number of ether oxygens (including phenoxy) is 1. The van der Waals surface area contributed by atoms with Gasteiger partial charge in [-0.15, -0.1) is 0 Å². The number of carbonyl (C=O) groups is 4. The first-order valence-electron chi connectivity index (χ1n) is 9.83. The highest BCUT2D eigenvalue weighted by Crippen LogP contribution is 2.12. The van der Waals surface area contributed by atoms with Crippen LogP contribution in [0.25, 0.3) is 0 Å². The first-order chi connectivity index (χ1) is 14.1. The number of rotatable bonds is 10. The smallest absolute Gasteiger partial charge is 0.410 e. The fourth-order valence-electron chi connectivity index (χ4n) is 2.54. The molecule has 0 aliphatic heterocycles.